The number of nitrogens with zero attached hydrogens (tertiary/aromatic N) is 1. The number of ether oxygens (including phenoxy) is 1. The highest BCUT2D eigenvalue weighted by Crippen LogP contribution is 2.31. The summed E-state index contributed by atoms with van der Waals surface area (Å²) in [7, 11) is 0. The lowest BCUT2D eigenvalue weighted by Gasteiger charge is -2.31. The van der Waals surface area contributed by atoms with E-state index in [1.54, 1.807) is 13.0 Å². The largest absolute Gasteiger partial charge is 0.481 e. The maximum Gasteiger partial charge on any atom is 0.268 e. The van der Waals surface area contributed by atoms with Gasteiger partial charge in [0.25, 0.3) is 5.91 Å². The minimum absolute atomic E-state index is 0.00459. The van der Waals surface area contributed by atoms with E-state index in [-0.39, 0.29) is 18.4 Å². The van der Waals surface area contributed by atoms with Gasteiger partial charge in [-0.25, -0.2) is 0 Å². The molecule has 0 aliphatic carbocycles. The van der Waals surface area contributed by atoms with E-state index >= 15 is 0 Å². The quantitative estimate of drug-likeness (QED) is 0.927. The molecule has 1 aliphatic heterocycles. The fourth-order valence-corrected chi connectivity index (χ4v) is 2.96. The highest BCUT2D eigenvalue weighted by Gasteiger charge is 2.30. The van der Waals surface area contributed by atoms with Gasteiger partial charge in [0, 0.05) is 0 Å². The number of carbonyl (C=O) groups is 2. The Balaban J connectivity index is 1.83. The summed E-state index contributed by atoms with van der Waals surface area (Å²) < 4.78 is 5.95. The zero-order valence-corrected chi connectivity index (χ0v) is 14.7. The SMILES string of the molecule is CC(C)c1ccccc1O[C@@H](C)C(=O)N1CC(=O)Nc2ccccc21. The smallest absolute Gasteiger partial charge is 0.268 e. The van der Waals surface area contributed by atoms with E-state index in [4.69, 9.17) is 4.74 Å². The van der Waals surface area contributed by atoms with Crippen LogP contribution in [0.15, 0.2) is 48.5 Å². The summed E-state index contributed by atoms with van der Waals surface area (Å²) in [6.45, 7) is 5.88. The van der Waals surface area contributed by atoms with Gasteiger partial charge in [-0.3, -0.25) is 14.5 Å². The van der Waals surface area contributed by atoms with Gasteiger partial charge in [-0.05, 0) is 36.6 Å². The van der Waals surface area contributed by atoms with Gasteiger partial charge in [0.2, 0.25) is 5.91 Å². The molecule has 0 fully saturated rings. The summed E-state index contributed by atoms with van der Waals surface area (Å²) >= 11 is 0. The van der Waals surface area contributed by atoms with Gasteiger partial charge in [-0.1, -0.05) is 44.2 Å². The number of carbonyl (C=O) groups excluding carboxylic acids is 2. The number of para-hydroxylation sites is 3. The van der Waals surface area contributed by atoms with Crippen LogP contribution < -0.4 is 15.0 Å². The third-order valence-corrected chi connectivity index (χ3v) is 4.23. The Morgan fingerprint density at radius 1 is 1.08 bits per heavy atom. The van der Waals surface area contributed by atoms with Crippen molar-refractivity contribution in [1.29, 1.82) is 0 Å². The van der Waals surface area contributed by atoms with Crippen LogP contribution in [0.3, 0.4) is 0 Å². The van der Waals surface area contributed by atoms with E-state index in [9.17, 15) is 9.59 Å². The summed E-state index contributed by atoms with van der Waals surface area (Å²) in [6.07, 6.45) is -0.696. The Bertz CT molecular complexity index is 801. The number of benzene rings is 2. The fourth-order valence-electron chi connectivity index (χ4n) is 2.96. The summed E-state index contributed by atoms with van der Waals surface area (Å²) in [4.78, 5) is 26.3. The molecule has 2 aromatic carbocycles. The highest BCUT2D eigenvalue weighted by molar-refractivity contribution is 6.10. The second-order valence-corrected chi connectivity index (χ2v) is 6.44. The first-order valence-electron chi connectivity index (χ1n) is 8.43. The standard InChI is InChI=1S/C20H22N2O3/c1-13(2)15-8-4-7-11-18(15)25-14(3)20(24)22-12-19(23)21-16-9-5-6-10-17(16)22/h4-11,13-14H,12H2,1-3H3,(H,21,23)/t14-/m0/s1. The van der Waals surface area contributed by atoms with Gasteiger partial charge in [0.15, 0.2) is 6.10 Å². The minimum atomic E-state index is -0.696. The number of nitrogens with one attached hydrogen (secondary N) is 1. The highest BCUT2D eigenvalue weighted by atomic mass is 16.5. The van der Waals surface area contributed by atoms with Crippen molar-refractivity contribution in [2.45, 2.75) is 32.8 Å². The number of anilines is 2. The van der Waals surface area contributed by atoms with Crippen molar-refractivity contribution in [2.24, 2.45) is 0 Å². The van der Waals surface area contributed by atoms with Gasteiger partial charge < -0.3 is 10.1 Å². The predicted octanol–water partition coefficient (Wildman–Crippen LogP) is 3.56. The zero-order chi connectivity index (χ0) is 18.0. The van der Waals surface area contributed by atoms with Gasteiger partial charge >= 0.3 is 0 Å². The van der Waals surface area contributed by atoms with E-state index in [1.165, 1.54) is 4.90 Å². The molecule has 5 heteroatoms. The van der Waals surface area contributed by atoms with Crippen LogP contribution in [-0.2, 0) is 9.59 Å². The Kier molecular flexibility index (Phi) is 4.74. The molecule has 2 aromatic rings. The van der Waals surface area contributed by atoms with E-state index in [2.05, 4.69) is 19.2 Å². The molecule has 0 saturated heterocycles. The lowest BCUT2D eigenvalue weighted by molar-refractivity contribution is -0.126. The third-order valence-electron chi connectivity index (χ3n) is 4.23. The molecule has 25 heavy (non-hydrogen) atoms. The van der Waals surface area contributed by atoms with Crippen LogP contribution in [0.25, 0.3) is 0 Å². The molecule has 0 saturated carbocycles. The topological polar surface area (TPSA) is 58.6 Å². The average Bonchev–Trinajstić information content (AvgIpc) is 2.60. The molecule has 1 heterocycles. The number of hydrogen-bond donors (Lipinski definition) is 1. The molecule has 1 atom stereocenters. The van der Waals surface area contributed by atoms with Crippen LogP contribution in [0.5, 0.6) is 5.75 Å². The summed E-state index contributed by atoms with van der Waals surface area (Å²) in [5.74, 6) is 0.552. The molecule has 5 nitrogen and oxygen atoms in total. The van der Waals surface area contributed by atoms with Crippen molar-refractivity contribution in [1.82, 2.24) is 0 Å². The van der Waals surface area contributed by atoms with Crippen molar-refractivity contribution < 1.29 is 14.3 Å². The number of hydrogen-bond acceptors (Lipinski definition) is 3. The lowest BCUT2D eigenvalue weighted by atomic mass is 10.0. The molecule has 1 N–H and O–H groups in total. The normalized spacial score (nSPS) is 14.7. The number of fused-ring (bicyclic) bond motifs is 1. The number of amides is 2. The first-order valence-corrected chi connectivity index (χ1v) is 8.43. The van der Waals surface area contributed by atoms with Crippen molar-refractivity contribution in [3.05, 3.63) is 54.1 Å². The van der Waals surface area contributed by atoms with Gasteiger partial charge in [-0.2, -0.15) is 0 Å². The molecule has 1 aliphatic rings. The second-order valence-electron chi connectivity index (χ2n) is 6.44. The Labute approximate surface area is 147 Å². The van der Waals surface area contributed by atoms with Crippen molar-refractivity contribution >= 4 is 23.2 Å². The van der Waals surface area contributed by atoms with Crippen molar-refractivity contribution in [2.75, 3.05) is 16.8 Å². The van der Waals surface area contributed by atoms with Crippen LogP contribution in [0.1, 0.15) is 32.3 Å². The molecule has 130 valence electrons. The van der Waals surface area contributed by atoms with Gasteiger partial charge in [0.1, 0.15) is 12.3 Å². The van der Waals surface area contributed by atoms with E-state index < -0.39 is 6.10 Å². The zero-order valence-electron chi connectivity index (χ0n) is 14.7. The molecule has 0 aromatic heterocycles. The first kappa shape index (κ1) is 17.0. The molecule has 0 unspecified atom stereocenters. The molecule has 0 radical (unpaired) electrons. The average molecular weight is 338 g/mol. The summed E-state index contributed by atoms with van der Waals surface area (Å²) in [5, 5.41) is 2.78. The maximum atomic E-state index is 12.9. The summed E-state index contributed by atoms with van der Waals surface area (Å²) in [5.41, 5.74) is 2.39. The fraction of sp³-hybridized carbons (Fsp3) is 0.300. The first-order chi connectivity index (χ1) is 12.0. The maximum absolute atomic E-state index is 12.9. The minimum Gasteiger partial charge on any atom is -0.481 e. The van der Waals surface area contributed by atoms with E-state index in [0.29, 0.717) is 23.0 Å². The molecule has 0 spiro atoms. The molecule has 0 bridgehead atoms. The van der Waals surface area contributed by atoms with Crippen LogP contribution in [-0.4, -0.2) is 24.5 Å². The van der Waals surface area contributed by atoms with E-state index in [0.717, 1.165) is 5.56 Å². The molecule has 2 amide bonds. The van der Waals surface area contributed by atoms with Crippen LogP contribution >= 0.6 is 0 Å². The predicted molar refractivity (Wildman–Crippen MR) is 98.0 cm³/mol. The van der Waals surface area contributed by atoms with Crippen LogP contribution in [0.4, 0.5) is 11.4 Å². The Hall–Kier alpha value is -2.82. The number of rotatable bonds is 4. The third kappa shape index (κ3) is 3.50. The molecule has 3 rings (SSSR count). The van der Waals surface area contributed by atoms with E-state index in [1.807, 2.05) is 42.5 Å². The second kappa shape index (κ2) is 6.97. The van der Waals surface area contributed by atoms with Gasteiger partial charge in [0.05, 0.1) is 11.4 Å². The van der Waals surface area contributed by atoms with Gasteiger partial charge in [-0.15, -0.1) is 0 Å². The molecular weight excluding hydrogens is 316 g/mol. The monoisotopic (exact) mass is 338 g/mol. The van der Waals surface area contributed by atoms with Crippen molar-refractivity contribution in [3.63, 3.8) is 0 Å². The lowest BCUT2D eigenvalue weighted by Crippen LogP contribution is -2.47. The van der Waals surface area contributed by atoms with Crippen molar-refractivity contribution in [3.8, 4) is 5.75 Å². The Morgan fingerprint density at radius 3 is 2.52 bits per heavy atom. The summed E-state index contributed by atoms with van der Waals surface area (Å²) in [6, 6.07) is 15.0. The van der Waals surface area contributed by atoms with Crippen LogP contribution in [0.2, 0.25) is 0 Å². The Morgan fingerprint density at radius 2 is 1.76 bits per heavy atom. The molecular formula is C20H22N2O3. The van der Waals surface area contributed by atoms with Crippen LogP contribution in [0, 0.1) is 0 Å².